The quantitative estimate of drug-likeness (QED) is 0.719. The first-order valence-electron chi connectivity index (χ1n) is 11.5. The second-order valence-corrected chi connectivity index (χ2v) is 8.58. The van der Waals surface area contributed by atoms with E-state index in [-0.39, 0.29) is 17.8 Å². The zero-order valence-corrected chi connectivity index (χ0v) is 20.2. The van der Waals surface area contributed by atoms with Gasteiger partial charge in [0.15, 0.2) is 0 Å². The highest BCUT2D eigenvalue weighted by Crippen LogP contribution is 2.31. The Morgan fingerprint density at radius 3 is 2.13 bits per heavy atom. The predicted molar refractivity (Wildman–Crippen MR) is 128 cm³/mol. The molecule has 2 aliphatic heterocycles. The number of nitrogens with zero attached hydrogens (tertiary/aromatic N) is 2. The van der Waals surface area contributed by atoms with E-state index >= 15 is 0 Å². The van der Waals surface area contributed by atoms with Crippen molar-refractivity contribution in [3.05, 3.63) is 35.4 Å². The molecule has 2 N–H and O–H groups in total. The van der Waals surface area contributed by atoms with E-state index in [9.17, 15) is 9.59 Å². The molecule has 6 nitrogen and oxygen atoms in total. The number of carbonyl (C=O) groups excluding carboxylic acids is 2. The van der Waals surface area contributed by atoms with Crippen LogP contribution in [0.2, 0.25) is 0 Å². The molecule has 174 valence electrons. The maximum Gasteiger partial charge on any atom is 0.320 e. The average molecular weight is 432 g/mol. The van der Waals surface area contributed by atoms with Crippen LogP contribution in [0.4, 0.5) is 0 Å². The second kappa shape index (κ2) is 13.4. The van der Waals surface area contributed by atoms with Gasteiger partial charge in [0.1, 0.15) is 5.60 Å². The van der Waals surface area contributed by atoms with Crippen LogP contribution in [0.15, 0.2) is 29.3 Å². The lowest BCUT2D eigenvalue weighted by Gasteiger charge is -2.32. The molecule has 1 unspecified atom stereocenters. The number of ether oxygens (including phenoxy) is 1. The molecule has 31 heavy (non-hydrogen) atoms. The maximum atomic E-state index is 12.0. The molecular formula is C25H41N3O3. The van der Waals surface area contributed by atoms with Crippen LogP contribution >= 0.6 is 0 Å². The van der Waals surface area contributed by atoms with Crippen molar-refractivity contribution in [3.8, 4) is 0 Å². The van der Waals surface area contributed by atoms with Gasteiger partial charge in [-0.1, -0.05) is 38.1 Å². The van der Waals surface area contributed by atoms with E-state index in [1.54, 1.807) is 6.21 Å². The highest BCUT2D eigenvalue weighted by Gasteiger charge is 2.25. The fraction of sp³-hybridized carbons (Fsp3) is 0.640. The molecule has 1 atom stereocenters. The summed E-state index contributed by atoms with van der Waals surface area (Å²) in [6.07, 6.45) is 5.51. The first kappa shape index (κ1) is 27.0. The highest BCUT2D eigenvalue weighted by atomic mass is 16.6. The Hall–Kier alpha value is -2.05. The van der Waals surface area contributed by atoms with Gasteiger partial charge in [0.2, 0.25) is 0 Å². The minimum absolute atomic E-state index is 0.0237. The van der Waals surface area contributed by atoms with Crippen LogP contribution in [0.3, 0.4) is 0 Å². The van der Waals surface area contributed by atoms with Gasteiger partial charge in [0.05, 0.1) is 12.5 Å². The SMILES string of the molecule is CC.CC(C)(C)OC(=O)CN1CCC(c2ccc(C3CCC=NC3=O)cc2)CC1.CN. The third kappa shape index (κ3) is 8.91. The zero-order chi connectivity index (χ0) is 23.4. The molecule has 1 aromatic carbocycles. The van der Waals surface area contributed by atoms with E-state index in [4.69, 9.17) is 4.74 Å². The number of hydrogen-bond acceptors (Lipinski definition) is 5. The number of hydrogen-bond donors (Lipinski definition) is 1. The highest BCUT2D eigenvalue weighted by molar-refractivity contribution is 5.92. The normalized spacial score (nSPS) is 19.6. The third-order valence-corrected chi connectivity index (χ3v) is 5.27. The monoisotopic (exact) mass is 431 g/mol. The molecule has 0 spiro atoms. The van der Waals surface area contributed by atoms with Crippen LogP contribution < -0.4 is 5.73 Å². The molecule has 2 aliphatic rings. The number of aliphatic imine (C=N–C) groups is 1. The summed E-state index contributed by atoms with van der Waals surface area (Å²) in [5, 5.41) is 0. The Bertz CT molecular complexity index is 700. The zero-order valence-electron chi connectivity index (χ0n) is 20.2. The summed E-state index contributed by atoms with van der Waals surface area (Å²) in [6.45, 7) is 11.9. The van der Waals surface area contributed by atoms with Crippen LogP contribution in [-0.2, 0) is 14.3 Å². The lowest BCUT2D eigenvalue weighted by molar-refractivity contribution is -0.156. The number of piperidine rings is 1. The molecule has 1 fully saturated rings. The molecule has 0 saturated carbocycles. The van der Waals surface area contributed by atoms with Gasteiger partial charge in [-0.3, -0.25) is 14.5 Å². The second-order valence-electron chi connectivity index (χ2n) is 8.58. The maximum absolute atomic E-state index is 12.0. The van der Waals surface area contributed by atoms with Crippen molar-refractivity contribution < 1.29 is 14.3 Å². The Balaban J connectivity index is 0.00000113. The lowest BCUT2D eigenvalue weighted by atomic mass is 9.86. The van der Waals surface area contributed by atoms with Gasteiger partial charge in [-0.15, -0.1) is 0 Å². The number of amides is 1. The van der Waals surface area contributed by atoms with Crippen molar-refractivity contribution >= 4 is 18.1 Å². The summed E-state index contributed by atoms with van der Waals surface area (Å²) in [7, 11) is 1.50. The predicted octanol–water partition coefficient (Wildman–Crippen LogP) is 4.28. The molecule has 6 heteroatoms. The largest absolute Gasteiger partial charge is 0.459 e. The number of rotatable bonds is 4. The van der Waals surface area contributed by atoms with E-state index < -0.39 is 5.60 Å². The van der Waals surface area contributed by atoms with E-state index in [0.29, 0.717) is 12.5 Å². The Morgan fingerprint density at radius 1 is 1.06 bits per heavy atom. The van der Waals surface area contributed by atoms with E-state index in [1.165, 1.54) is 12.6 Å². The first-order valence-corrected chi connectivity index (χ1v) is 11.5. The van der Waals surface area contributed by atoms with Gasteiger partial charge in [-0.2, -0.15) is 0 Å². The molecule has 0 aliphatic carbocycles. The number of benzene rings is 1. The van der Waals surface area contributed by atoms with Gasteiger partial charge in [0, 0.05) is 6.21 Å². The summed E-state index contributed by atoms with van der Waals surface area (Å²) in [6, 6.07) is 8.50. The van der Waals surface area contributed by atoms with Gasteiger partial charge in [0.25, 0.3) is 5.91 Å². The van der Waals surface area contributed by atoms with Crippen LogP contribution in [-0.4, -0.2) is 55.3 Å². The molecule has 3 rings (SSSR count). The van der Waals surface area contributed by atoms with Crippen molar-refractivity contribution in [2.75, 3.05) is 26.7 Å². The number of carbonyl (C=O) groups is 2. The third-order valence-electron chi connectivity index (χ3n) is 5.27. The summed E-state index contributed by atoms with van der Waals surface area (Å²) in [5.74, 6) is 0.253. The van der Waals surface area contributed by atoms with Crippen LogP contribution in [0.1, 0.15) is 83.3 Å². The van der Waals surface area contributed by atoms with Crippen LogP contribution in [0.5, 0.6) is 0 Å². The Morgan fingerprint density at radius 2 is 1.61 bits per heavy atom. The molecule has 0 aromatic heterocycles. The number of likely N-dealkylation sites (tertiary alicyclic amines) is 1. The number of nitrogens with two attached hydrogens (primary N) is 1. The van der Waals surface area contributed by atoms with Crippen molar-refractivity contribution in [1.82, 2.24) is 4.90 Å². The summed E-state index contributed by atoms with van der Waals surface area (Å²) >= 11 is 0. The van der Waals surface area contributed by atoms with Crippen molar-refractivity contribution in [2.24, 2.45) is 10.7 Å². The van der Waals surface area contributed by atoms with Gasteiger partial charge < -0.3 is 10.5 Å². The average Bonchev–Trinajstić information content (AvgIpc) is 2.76. The summed E-state index contributed by atoms with van der Waals surface area (Å²) < 4.78 is 5.41. The standard InChI is InChI=1S/C22H30N2O3.C2H6.CH5N/c1-22(2,3)27-20(25)15-24-13-10-17(11-14-24)16-6-8-18(9-7-16)19-5-4-12-23-21(19)26;2*1-2/h6-9,12,17,19H,4-5,10-11,13-15H2,1-3H3;1-2H3;2H2,1H3. The fourth-order valence-electron chi connectivity index (χ4n) is 3.90. The Kier molecular flexibility index (Phi) is 11.6. The van der Waals surface area contributed by atoms with Crippen molar-refractivity contribution in [2.45, 2.75) is 77.7 Å². The molecule has 0 bridgehead atoms. The van der Waals surface area contributed by atoms with E-state index in [1.807, 2.05) is 34.6 Å². The first-order chi connectivity index (χ1) is 14.8. The molecule has 1 amide bonds. The molecule has 0 radical (unpaired) electrons. The molecule has 1 aromatic rings. The summed E-state index contributed by atoms with van der Waals surface area (Å²) in [5.41, 5.74) is 6.47. The van der Waals surface area contributed by atoms with Gasteiger partial charge in [-0.05, 0) is 83.6 Å². The fourth-order valence-corrected chi connectivity index (χ4v) is 3.90. The smallest absolute Gasteiger partial charge is 0.320 e. The van der Waals surface area contributed by atoms with Crippen LogP contribution in [0, 0.1) is 0 Å². The Labute approximate surface area is 188 Å². The molecular weight excluding hydrogens is 390 g/mol. The minimum atomic E-state index is -0.428. The minimum Gasteiger partial charge on any atom is -0.459 e. The van der Waals surface area contributed by atoms with E-state index in [0.717, 1.165) is 44.3 Å². The summed E-state index contributed by atoms with van der Waals surface area (Å²) in [4.78, 5) is 30.1. The topological polar surface area (TPSA) is 85.0 Å². The van der Waals surface area contributed by atoms with Crippen LogP contribution in [0.25, 0.3) is 0 Å². The molecule has 2 heterocycles. The lowest BCUT2D eigenvalue weighted by Crippen LogP contribution is -2.39. The molecule has 1 saturated heterocycles. The van der Waals surface area contributed by atoms with Crippen molar-refractivity contribution in [1.29, 1.82) is 0 Å². The van der Waals surface area contributed by atoms with Crippen molar-refractivity contribution in [3.63, 3.8) is 0 Å². The van der Waals surface area contributed by atoms with E-state index in [2.05, 4.69) is 39.9 Å². The van der Waals surface area contributed by atoms with Gasteiger partial charge in [-0.25, -0.2) is 4.99 Å². The number of esters is 1. The van der Waals surface area contributed by atoms with Gasteiger partial charge >= 0.3 is 5.97 Å².